The maximum absolute atomic E-state index is 13.0. The number of H-pyrrole nitrogens is 1. The Morgan fingerprint density at radius 2 is 2.21 bits per heavy atom. The van der Waals surface area contributed by atoms with Gasteiger partial charge in [0.25, 0.3) is 5.91 Å². The molecule has 1 amide bonds. The maximum atomic E-state index is 13.0. The summed E-state index contributed by atoms with van der Waals surface area (Å²) in [6, 6.07) is 5.45. The number of carbonyl (C=O) groups excluding carboxylic acids is 1. The summed E-state index contributed by atoms with van der Waals surface area (Å²) in [6.07, 6.45) is 2.96. The lowest BCUT2D eigenvalue weighted by atomic mass is 10.00. The summed E-state index contributed by atoms with van der Waals surface area (Å²) in [4.78, 5) is 19.4. The topological polar surface area (TPSA) is 92.6 Å². The number of hydrogen-bond donors (Lipinski definition) is 1. The Kier molecular flexibility index (Phi) is 3.51. The highest BCUT2D eigenvalue weighted by Gasteiger charge is 2.31. The molecule has 0 spiro atoms. The van der Waals surface area contributed by atoms with E-state index in [0.717, 1.165) is 42.7 Å². The average Bonchev–Trinajstić information content (AvgIpc) is 3.20. The molecule has 0 bridgehead atoms. The Hall–Kier alpha value is -2.77. The van der Waals surface area contributed by atoms with E-state index in [4.69, 9.17) is 0 Å². The SMILES string of the molecule is Cc1nc([C@@H]2CCCCN2C(=O)c2ccc3c(c2)nnn3C)n[nH]1. The van der Waals surface area contributed by atoms with Gasteiger partial charge in [-0.2, -0.15) is 5.10 Å². The molecule has 1 fully saturated rings. The number of aryl methyl sites for hydroxylation is 2. The van der Waals surface area contributed by atoms with Crippen molar-refractivity contribution < 1.29 is 4.79 Å². The van der Waals surface area contributed by atoms with Crippen molar-refractivity contribution in [3.63, 3.8) is 0 Å². The van der Waals surface area contributed by atoms with Gasteiger partial charge in [0, 0.05) is 19.2 Å². The number of nitrogens with one attached hydrogen (secondary N) is 1. The van der Waals surface area contributed by atoms with Gasteiger partial charge in [0.2, 0.25) is 0 Å². The molecule has 3 heterocycles. The molecule has 8 heteroatoms. The largest absolute Gasteiger partial charge is 0.328 e. The second-order valence-corrected chi connectivity index (χ2v) is 6.21. The number of nitrogens with zero attached hydrogens (tertiary/aromatic N) is 6. The number of piperidine rings is 1. The smallest absolute Gasteiger partial charge is 0.254 e. The summed E-state index contributed by atoms with van der Waals surface area (Å²) in [5.74, 6) is 1.46. The fraction of sp³-hybridized carbons (Fsp3) is 0.438. The minimum atomic E-state index is -0.0752. The maximum Gasteiger partial charge on any atom is 0.254 e. The quantitative estimate of drug-likeness (QED) is 0.775. The summed E-state index contributed by atoms with van der Waals surface area (Å²) in [5, 5.41) is 15.2. The molecule has 2 aromatic heterocycles. The van der Waals surface area contributed by atoms with Gasteiger partial charge in [-0.15, -0.1) is 5.10 Å². The second kappa shape index (κ2) is 5.70. The summed E-state index contributed by atoms with van der Waals surface area (Å²) in [7, 11) is 1.84. The van der Waals surface area contributed by atoms with Crippen molar-refractivity contribution >= 4 is 16.9 Å². The minimum absolute atomic E-state index is 0.00490. The number of rotatable bonds is 2. The minimum Gasteiger partial charge on any atom is -0.328 e. The van der Waals surface area contributed by atoms with Crippen LogP contribution in [0.3, 0.4) is 0 Å². The van der Waals surface area contributed by atoms with E-state index < -0.39 is 0 Å². The van der Waals surface area contributed by atoms with Crippen LogP contribution in [0.15, 0.2) is 18.2 Å². The number of amides is 1. The number of benzene rings is 1. The van der Waals surface area contributed by atoms with Crippen molar-refractivity contribution in [2.24, 2.45) is 7.05 Å². The molecule has 1 N–H and O–H groups in total. The van der Waals surface area contributed by atoms with Crippen LogP contribution in [0.1, 0.15) is 47.3 Å². The second-order valence-electron chi connectivity index (χ2n) is 6.21. The van der Waals surface area contributed by atoms with E-state index in [2.05, 4.69) is 25.5 Å². The third-order valence-electron chi connectivity index (χ3n) is 4.53. The molecule has 0 saturated carbocycles. The van der Waals surface area contributed by atoms with Crippen LogP contribution in [0.4, 0.5) is 0 Å². The molecule has 3 aromatic rings. The number of aromatic amines is 1. The molecule has 1 saturated heterocycles. The lowest BCUT2D eigenvalue weighted by Gasteiger charge is -2.34. The van der Waals surface area contributed by atoms with Gasteiger partial charge in [-0.3, -0.25) is 9.89 Å². The molecule has 8 nitrogen and oxygen atoms in total. The average molecular weight is 325 g/mol. The van der Waals surface area contributed by atoms with E-state index in [1.54, 1.807) is 10.7 Å². The fourth-order valence-electron chi connectivity index (χ4n) is 3.29. The molecule has 24 heavy (non-hydrogen) atoms. The van der Waals surface area contributed by atoms with Crippen LogP contribution in [0.2, 0.25) is 0 Å². The Morgan fingerprint density at radius 3 is 3.00 bits per heavy atom. The van der Waals surface area contributed by atoms with Crippen molar-refractivity contribution in [2.45, 2.75) is 32.2 Å². The summed E-state index contributed by atoms with van der Waals surface area (Å²) < 4.78 is 1.70. The van der Waals surface area contributed by atoms with Crippen LogP contribution in [0.5, 0.6) is 0 Å². The van der Waals surface area contributed by atoms with Gasteiger partial charge < -0.3 is 4.90 Å². The number of likely N-dealkylation sites (tertiary alicyclic amines) is 1. The van der Waals surface area contributed by atoms with E-state index in [1.165, 1.54) is 0 Å². The third-order valence-corrected chi connectivity index (χ3v) is 4.53. The van der Waals surface area contributed by atoms with E-state index in [0.29, 0.717) is 11.4 Å². The number of fused-ring (bicyclic) bond motifs is 1. The highest BCUT2D eigenvalue weighted by atomic mass is 16.2. The zero-order chi connectivity index (χ0) is 16.7. The molecular weight excluding hydrogens is 306 g/mol. The monoisotopic (exact) mass is 325 g/mol. The Morgan fingerprint density at radius 1 is 1.33 bits per heavy atom. The van der Waals surface area contributed by atoms with Gasteiger partial charge >= 0.3 is 0 Å². The highest BCUT2D eigenvalue weighted by molar-refractivity contribution is 5.97. The van der Waals surface area contributed by atoms with Gasteiger partial charge in [-0.25, -0.2) is 9.67 Å². The number of carbonyl (C=O) groups is 1. The molecule has 1 aliphatic rings. The first-order chi connectivity index (χ1) is 11.6. The summed E-state index contributed by atoms with van der Waals surface area (Å²) in [6.45, 7) is 2.59. The van der Waals surface area contributed by atoms with E-state index >= 15 is 0 Å². The zero-order valence-corrected chi connectivity index (χ0v) is 13.7. The van der Waals surface area contributed by atoms with Gasteiger partial charge in [0.1, 0.15) is 11.3 Å². The van der Waals surface area contributed by atoms with Gasteiger partial charge in [0.15, 0.2) is 5.82 Å². The Labute approximate surface area is 138 Å². The Balaban J connectivity index is 1.67. The number of aromatic nitrogens is 6. The van der Waals surface area contributed by atoms with Gasteiger partial charge in [0.05, 0.1) is 11.6 Å². The first-order valence-electron chi connectivity index (χ1n) is 8.13. The standard InChI is InChI=1S/C16H19N7O/c1-10-17-15(20-18-10)14-5-3-4-8-23(14)16(24)11-6-7-13-12(9-11)19-21-22(13)2/h6-7,9,14H,3-5,8H2,1-2H3,(H,17,18,20)/t14-/m0/s1. The van der Waals surface area contributed by atoms with Gasteiger partial charge in [-0.1, -0.05) is 5.21 Å². The summed E-state index contributed by atoms with van der Waals surface area (Å²) >= 11 is 0. The highest BCUT2D eigenvalue weighted by Crippen LogP contribution is 2.30. The van der Waals surface area contributed by atoms with E-state index in [9.17, 15) is 4.79 Å². The van der Waals surface area contributed by atoms with E-state index in [-0.39, 0.29) is 11.9 Å². The molecular formula is C16H19N7O. The van der Waals surface area contributed by atoms with E-state index in [1.807, 2.05) is 31.0 Å². The van der Waals surface area contributed by atoms with Crippen molar-refractivity contribution in [1.82, 2.24) is 35.1 Å². The number of hydrogen-bond acceptors (Lipinski definition) is 5. The predicted molar refractivity (Wildman–Crippen MR) is 87.3 cm³/mol. The van der Waals surface area contributed by atoms with Crippen LogP contribution in [0.25, 0.3) is 11.0 Å². The first kappa shape index (κ1) is 14.8. The van der Waals surface area contributed by atoms with Gasteiger partial charge in [-0.05, 0) is 44.4 Å². The molecule has 4 rings (SSSR count). The van der Waals surface area contributed by atoms with Crippen LogP contribution in [0, 0.1) is 6.92 Å². The van der Waals surface area contributed by atoms with Crippen LogP contribution >= 0.6 is 0 Å². The first-order valence-corrected chi connectivity index (χ1v) is 8.13. The van der Waals surface area contributed by atoms with Crippen molar-refractivity contribution in [1.29, 1.82) is 0 Å². The molecule has 0 aliphatic carbocycles. The Bertz CT molecular complexity index is 897. The van der Waals surface area contributed by atoms with Crippen LogP contribution in [-0.4, -0.2) is 47.5 Å². The van der Waals surface area contributed by atoms with Crippen LogP contribution in [-0.2, 0) is 7.05 Å². The fourth-order valence-corrected chi connectivity index (χ4v) is 3.29. The molecule has 1 atom stereocenters. The van der Waals surface area contributed by atoms with Crippen molar-refractivity contribution in [3.8, 4) is 0 Å². The lowest BCUT2D eigenvalue weighted by Crippen LogP contribution is -2.39. The lowest BCUT2D eigenvalue weighted by molar-refractivity contribution is 0.0600. The molecule has 1 aliphatic heterocycles. The third kappa shape index (κ3) is 2.44. The summed E-state index contributed by atoms with van der Waals surface area (Å²) in [5.41, 5.74) is 2.26. The predicted octanol–water partition coefficient (Wildman–Crippen LogP) is 1.76. The normalized spacial score (nSPS) is 18.2. The van der Waals surface area contributed by atoms with Crippen molar-refractivity contribution in [3.05, 3.63) is 35.4 Å². The molecule has 124 valence electrons. The molecule has 0 radical (unpaired) electrons. The zero-order valence-electron chi connectivity index (χ0n) is 13.7. The van der Waals surface area contributed by atoms with Crippen LogP contribution < -0.4 is 0 Å². The molecule has 0 unspecified atom stereocenters. The van der Waals surface area contributed by atoms with Crippen molar-refractivity contribution in [2.75, 3.05) is 6.54 Å². The molecule has 1 aromatic carbocycles.